The maximum absolute atomic E-state index is 8.30. The molecule has 0 bridgehead atoms. The molecule has 4 nitrogen and oxygen atoms in total. The zero-order valence-corrected chi connectivity index (χ0v) is 6.75. The molecule has 0 radical (unpaired) electrons. The smallest absolute Gasteiger partial charge is 0.0594 e. The summed E-state index contributed by atoms with van der Waals surface area (Å²) in [5.74, 6) is 0. The van der Waals surface area contributed by atoms with Crippen LogP contribution in [0.1, 0.15) is 7.85 Å². The largest absolute Gasteiger partial charge is 0.379 e. The van der Waals surface area contributed by atoms with Crippen LogP contribution >= 0.6 is 0 Å². The third-order valence-corrected chi connectivity index (χ3v) is 1.87. The Morgan fingerprint density at radius 1 is 1.45 bits per heavy atom. The number of nitrogens with zero attached hydrogens (tertiary/aromatic N) is 1. The maximum atomic E-state index is 8.30. The lowest BCUT2D eigenvalue weighted by molar-refractivity contribution is 0.0359. The summed E-state index contributed by atoms with van der Waals surface area (Å²) < 4.78 is 5.20. The summed E-state index contributed by atoms with van der Waals surface area (Å²) in [6, 6.07) is 0. The van der Waals surface area contributed by atoms with Gasteiger partial charge in [0.15, 0.2) is 0 Å². The Bertz CT molecular complexity index is 99.4. The van der Waals surface area contributed by atoms with Gasteiger partial charge in [0.05, 0.1) is 13.2 Å². The first-order chi connectivity index (χ1) is 5.43. The van der Waals surface area contributed by atoms with Crippen LogP contribution in [-0.4, -0.2) is 49.5 Å². The molecule has 11 heavy (non-hydrogen) atoms. The second-order valence-corrected chi connectivity index (χ2v) is 2.72. The van der Waals surface area contributed by atoms with Gasteiger partial charge in [-0.2, -0.15) is 0 Å². The lowest BCUT2D eigenvalue weighted by Crippen LogP contribution is -2.37. The Labute approximate surface area is 68.6 Å². The topological polar surface area (TPSA) is 44.7 Å². The van der Waals surface area contributed by atoms with E-state index in [9.17, 15) is 0 Å². The van der Waals surface area contributed by atoms with Crippen LogP contribution in [0.2, 0.25) is 0 Å². The van der Waals surface area contributed by atoms with E-state index in [1.54, 1.807) is 0 Å². The van der Waals surface area contributed by atoms with Crippen LogP contribution in [0.4, 0.5) is 0 Å². The Hall–Kier alpha value is -0.160. The van der Waals surface area contributed by atoms with Crippen molar-refractivity contribution >= 4 is 0 Å². The number of rotatable bonds is 4. The molecule has 1 heterocycles. The molecule has 1 rings (SSSR count). The van der Waals surface area contributed by atoms with Gasteiger partial charge < -0.3 is 9.94 Å². The minimum Gasteiger partial charge on any atom is -0.379 e. The fourth-order valence-electron chi connectivity index (χ4n) is 1.21. The molecule has 0 aromatic carbocycles. The molecule has 1 saturated heterocycles. The molecule has 0 unspecified atom stereocenters. The van der Waals surface area contributed by atoms with Crippen LogP contribution in [0.15, 0.2) is 0 Å². The zero-order valence-electron chi connectivity index (χ0n) is 6.75. The second-order valence-electron chi connectivity index (χ2n) is 2.72. The lowest BCUT2D eigenvalue weighted by atomic mass is 10.3. The number of hydroxylamine groups is 1. The van der Waals surface area contributed by atoms with E-state index in [1.165, 1.54) is 0 Å². The van der Waals surface area contributed by atoms with E-state index >= 15 is 0 Å². The molecule has 0 saturated carbocycles. The van der Waals surface area contributed by atoms with Crippen LogP contribution in [-0.2, 0) is 4.74 Å². The Morgan fingerprint density at radius 2 is 2.18 bits per heavy atom. The molecule has 0 aliphatic carbocycles. The molecule has 2 N–H and O–H groups in total. The fraction of sp³-hybridized carbons (Fsp3) is 1.00. The van der Waals surface area contributed by atoms with Crippen molar-refractivity contribution in [2.75, 3.05) is 39.4 Å². The molecule has 4 heteroatoms. The number of ether oxygens (including phenoxy) is 1. The standard InChI is InChI=1S/C7H16N2O2.H2/c10-8-2-1-3-9-4-6-11-7-5-9;/h8,10H,1-7H2;1H. The molecule has 0 amide bonds. The first-order valence-electron chi connectivity index (χ1n) is 4.10. The van der Waals surface area contributed by atoms with Gasteiger partial charge in [0.1, 0.15) is 0 Å². The van der Waals surface area contributed by atoms with Gasteiger partial charge in [-0.1, -0.05) is 0 Å². The summed E-state index contributed by atoms with van der Waals surface area (Å²) in [7, 11) is 0. The van der Waals surface area contributed by atoms with Gasteiger partial charge >= 0.3 is 0 Å². The Morgan fingerprint density at radius 3 is 2.82 bits per heavy atom. The molecule has 1 aliphatic heterocycles. The normalized spacial score (nSPS) is 20.5. The Balaban J connectivity index is 0.00000121. The van der Waals surface area contributed by atoms with Crippen molar-refractivity contribution in [3.05, 3.63) is 0 Å². The highest BCUT2D eigenvalue weighted by Gasteiger charge is 2.08. The van der Waals surface area contributed by atoms with Crippen molar-refractivity contribution < 1.29 is 11.4 Å². The first kappa shape index (κ1) is 8.93. The SMILES string of the molecule is ONCCCN1CCOCC1.[HH]. The van der Waals surface area contributed by atoms with Crippen LogP contribution < -0.4 is 5.48 Å². The van der Waals surface area contributed by atoms with Gasteiger partial charge in [0.25, 0.3) is 0 Å². The highest BCUT2D eigenvalue weighted by atomic mass is 16.5. The molecule has 0 aromatic rings. The minimum absolute atomic E-state index is 0. The molecular weight excluding hydrogens is 144 g/mol. The van der Waals surface area contributed by atoms with Gasteiger partial charge in [0.2, 0.25) is 0 Å². The van der Waals surface area contributed by atoms with Gasteiger partial charge in [-0.25, -0.2) is 5.48 Å². The third-order valence-electron chi connectivity index (χ3n) is 1.87. The van der Waals surface area contributed by atoms with E-state index in [0.29, 0.717) is 6.54 Å². The monoisotopic (exact) mass is 162 g/mol. The zero-order chi connectivity index (χ0) is 7.94. The van der Waals surface area contributed by atoms with Crippen molar-refractivity contribution in [1.82, 2.24) is 10.4 Å². The molecular formula is C7H18N2O2. The number of nitrogens with one attached hydrogen (secondary N) is 1. The lowest BCUT2D eigenvalue weighted by Gasteiger charge is -2.26. The van der Waals surface area contributed by atoms with Gasteiger partial charge in [-0.15, -0.1) is 0 Å². The van der Waals surface area contributed by atoms with Crippen molar-refractivity contribution in [3.8, 4) is 0 Å². The molecule has 0 spiro atoms. The number of hydrogen-bond donors (Lipinski definition) is 2. The van der Waals surface area contributed by atoms with E-state index in [4.69, 9.17) is 9.94 Å². The van der Waals surface area contributed by atoms with Crippen molar-refractivity contribution in [2.24, 2.45) is 0 Å². The first-order valence-corrected chi connectivity index (χ1v) is 4.10. The van der Waals surface area contributed by atoms with Crippen LogP contribution in [0.5, 0.6) is 0 Å². The number of hydrogen-bond acceptors (Lipinski definition) is 4. The van der Waals surface area contributed by atoms with E-state index in [0.717, 1.165) is 39.3 Å². The average Bonchev–Trinajstić information content (AvgIpc) is 2.07. The quantitative estimate of drug-likeness (QED) is 0.449. The van der Waals surface area contributed by atoms with Crippen molar-refractivity contribution in [3.63, 3.8) is 0 Å². The third kappa shape index (κ3) is 3.67. The van der Waals surface area contributed by atoms with Gasteiger partial charge in [0, 0.05) is 21.1 Å². The summed E-state index contributed by atoms with van der Waals surface area (Å²) in [6.07, 6.45) is 0.997. The minimum atomic E-state index is 0. The summed E-state index contributed by atoms with van der Waals surface area (Å²) in [5, 5.41) is 8.30. The molecule has 0 atom stereocenters. The van der Waals surface area contributed by atoms with Crippen molar-refractivity contribution in [1.29, 1.82) is 0 Å². The van der Waals surface area contributed by atoms with Gasteiger partial charge in [-0.05, 0) is 13.0 Å². The van der Waals surface area contributed by atoms with Crippen LogP contribution in [0, 0.1) is 0 Å². The predicted octanol–water partition coefficient (Wildman–Crippen LogP) is -0.0665. The van der Waals surface area contributed by atoms with E-state index in [2.05, 4.69) is 10.4 Å². The van der Waals surface area contributed by atoms with E-state index in [-0.39, 0.29) is 1.43 Å². The number of morpholine rings is 1. The molecule has 0 aromatic heterocycles. The van der Waals surface area contributed by atoms with Crippen molar-refractivity contribution in [2.45, 2.75) is 6.42 Å². The maximum Gasteiger partial charge on any atom is 0.0594 e. The summed E-state index contributed by atoms with van der Waals surface area (Å²) in [6.45, 7) is 5.50. The molecule has 1 aliphatic rings. The average molecular weight is 162 g/mol. The van der Waals surface area contributed by atoms with Gasteiger partial charge in [-0.3, -0.25) is 4.90 Å². The summed E-state index contributed by atoms with van der Waals surface area (Å²) >= 11 is 0. The highest BCUT2D eigenvalue weighted by Crippen LogP contribution is 1.96. The van der Waals surface area contributed by atoms with Crippen LogP contribution in [0.25, 0.3) is 0 Å². The van der Waals surface area contributed by atoms with Crippen LogP contribution in [0.3, 0.4) is 0 Å². The second kappa shape index (κ2) is 5.49. The predicted molar refractivity (Wildman–Crippen MR) is 43.8 cm³/mol. The van der Waals surface area contributed by atoms with E-state index in [1.807, 2.05) is 0 Å². The fourth-order valence-corrected chi connectivity index (χ4v) is 1.21. The van der Waals surface area contributed by atoms with E-state index < -0.39 is 0 Å². The highest BCUT2D eigenvalue weighted by molar-refractivity contribution is 4.61. The Kier molecular flexibility index (Phi) is 4.45. The molecule has 1 fully saturated rings. The summed E-state index contributed by atoms with van der Waals surface area (Å²) in [5.41, 5.74) is 2.15. The summed E-state index contributed by atoms with van der Waals surface area (Å²) in [4.78, 5) is 2.35. The molecule has 68 valence electrons.